The number of pyridine rings is 1. The molecule has 0 bridgehead atoms. The Morgan fingerprint density at radius 2 is 1.73 bits per heavy atom. The van der Waals surface area contributed by atoms with Gasteiger partial charge < -0.3 is 25.2 Å². The van der Waals surface area contributed by atoms with Crippen LogP contribution in [0.15, 0.2) is 97.3 Å². The van der Waals surface area contributed by atoms with Crippen molar-refractivity contribution in [2.75, 3.05) is 11.9 Å². The van der Waals surface area contributed by atoms with Gasteiger partial charge >= 0.3 is 5.97 Å². The molecule has 1 fully saturated rings. The van der Waals surface area contributed by atoms with Gasteiger partial charge in [0.1, 0.15) is 0 Å². The summed E-state index contributed by atoms with van der Waals surface area (Å²) < 4.78 is 2.01. The number of carboxylic acids is 1. The number of aromatic nitrogens is 2. The summed E-state index contributed by atoms with van der Waals surface area (Å²) in [5.74, 6) is -1.08. The molecular weight excluding hydrogens is 486 g/mol. The van der Waals surface area contributed by atoms with Crippen LogP contribution in [0.25, 0.3) is 5.69 Å². The Kier molecular flexibility index (Phi) is 6.96. The zero-order valence-electron chi connectivity index (χ0n) is 19.8. The lowest BCUT2D eigenvalue weighted by Gasteiger charge is -2.29. The topological polar surface area (TPSA) is 99.5 Å². The Morgan fingerprint density at radius 3 is 2.43 bits per heavy atom. The smallest absolute Gasteiger partial charge is 0.335 e. The van der Waals surface area contributed by atoms with Gasteiger partial charge in [0, 0.05) is 42.4 Å². The van der Waals surface area contributed by atoms with E-state index in [2.05, 4.69) is 15.6 Å². The van der Waals surface area contributed by atoms with Crippen molar-refractivity contribution in [3.63, 3.8) is 0 Å². The van der Waals surface area contributed by atoms with Crippen LogP contribution < -0.4 is 10.6 Å². The van der Waals surface area contributed by atoms with Crippen molar-refractivity contribution in [2.24, 2.45) is 0 Å². The molecule has 3 N–H and O–H groups in total. The number of thiocarbonyl (C=S) groups is 1. The van der Waals surface area contributed by atoms with Crippen LogP contribution in [0.5, 0.6) is 0 Å². The summed E-state index contributed by atoms with van der Waals surface area (Å²) in [4.78, 5) is 30.6. The van der Waals surface area contributed by atoms with Crippen LogP contribution in [0.4, 0.5) is 5.69 Å². The molecule has 37 heavy (non-hydrogen) atoms. The fraction of sp³-hybridized carbons (Fsp3) is 0.143. The van der Waals surface area contributed by atoms with E-state index in [0.717, 1.165) is 22.8 Å². The predicted molar refractivity (Wildman–Crippen MR) is 145 cm³/mol. The second-order valence-electron chi connectivity index (χ2n) is 8.64. The van der Waals surface area contributed by atoms with Crippen molar-refractivity contribution in [1.82, 2.24) is 19.8 Å². The number of nitrogens with one attached hydrogen (secondary N) is 2. The number of nitrogens with zero attached hydrogens (tertiary/aromatic N) is 3. The number of rotatable bonds is 8. The molecule has 0 spiro atoms. The van der Waals surface area contributed by atoms with E-state index in [1.165, 1.54) is 0 Å². The van der Waals surface area contributed by atoms with Crippen LogP contribution in [0, 0.1) is 0 Å². The van der Waals surface area contributed by atoms with Gasteiger partial charge in [0.15, 0.2) is 5.11 Å². The summed E-state index contributed by atoms with van der Waals surface area (Å²) in [5, 5.41) is 16.2. The van der Waals surface area contributed by atoms with Crippen LogP contribution in [0.2, 0.25) is 0 Å². The fourth-order valence-corrected chi connectivity index (χ4v) is 4.90. The Bertz CT molecular complexity index is 1410. The van der Waals surface area contributed by atoms with Gasteiger partial charge in [-0.15, -0.1) is 0 Å². The molecular formula is C28H25N5O3S. The highest BCUT2D eigenvalue weighted by molar-refractivity contribution is 7.80. The number of anilines is 1. The zero-order chi connectivity index (χ0) is 25.8. The molecule has 8 nitrogen and oxygen atoms in total. The monoisotopic (exact) mass is 511 g/mol. The van der Waals surface area contributed by atoms with Crippen molar-refractivity contribution >= 4 is 34.9 Å². The summed E-state index contributed by atoms with van der Waals surface area (Å²) in [5.41, 5.74) is 3.56. The van der Waals surface area contributed by atoms with Crippen molar-refractivity contribution in [3.8, 4) is 5.69 Å². The molecule has 0 saturated carbocycles. The van der Waals surface area contributed by atoms with E-state index in [4.69, 9.17) is 12.2 Å². The normalized spacial score (nSPS) is 16.9. The number of para-hydroxylation sites is 1. The van der Waals surface area contributed by atoms with Crippen LogP contribution in [0.3, 0.4) is 0 Å². The van der Waals surface area contributed by atoms with Gasteiger partial charge in [-0.1, -0.05) is 24.3 Å². The lowest BCUT2D eigenvalue weighted by atomic mass is 10.0. The van der Waals surface area contributed by atoms with E-state index in [1.807, 2.05) is 76.3 Å². The van der Waals surface area contributed by atoms with E-state index in [0.29, 0.717) is 11.7 Å². The maximum atomic E-state index is 12.7. The van der Waals surface area contributed by atoms with Gasteiger partial charge in [-0.05, 0) is 72.9 Å². The third kappa shape index (κ3) is 5.22. The third-order valence-corrected chi connectivity index (χ3v) is 6.66. The molecule has 4 aromatic rings. The highest BCUT2D eigenvalue weighted by atomic mass is 32.1. The fourth-order valence-electron chi connectivity index (χ4n) is 4.57. The summed E-state index contributed by atoms with van der Waals surface area (Å²) in [6, 6.07) is 25.3. The van der Waals surface area contributed by atoms with Gasteiger partial charge in [-0.2, -0.15) is 0 Å². The van der Waals surface area contributed by atoms with Crippen molar-refractivity contribution in [1.29, 1.82) is 0 Å². The van der Waals surface area contributed by atoms with Gasteiger partial charge in [0.2, 0.25) is 5.91 Å². The second-order valence-corrected chi connectivity index (χ2v) is 9.03. The van der Waals surface area contributed by atoms with Crippen molar-refractivity contribution < 1.29 is 14.7 Å². The first-order valence-corrected chi connectivity index (χ1v) is 12.3. The molecule has 0 unspecified atom stereocenters. The van der Waals surface area contributed by atoms with Gasteiger partial charge in [0.25, 0.3) is 0 Å². The molecule has 1 aliphatic heterocycles. The molecule has 2 aromatic carbocycles. The molecule has 2 atom stereocenters. The molecule has 1 saturated heterocycles. The predicted octanol–water partition coefficient (Wildman–Crippen LogP) is 4.57. The molecule has 3 heterocycles. The highest BCUT2D eigenvalue weighted by Crippen LogP contribution is 2.39. The second kappa shape index (κ2) is 10.6. The summed E-state index contributed by atoms with van der Waals surface area (Å²) in [7, 11) is 0. The van der Waals surface area contributed by atoms with Gasteiger partial charge in [-0.3, -0.25) is 9.78 Å². The minimum absolute atomic E-state index is 0.103. The molecule has 0 aliphatic carbocycles. The highest BCUT2D eigenvalue weighted by Gasteiger charge is 2.41. The van der Waals surface area contributed by atoms with Gasteiger partial charge in [-0.25, -0.2) is 4.79 Å². The molecule has 5 rings (SSSR count). The first-order chi connectivity index (χ1) is 18.0. The quantitative estimate of drug-likeness (QED) is 0.298. The standard InChI is InChI=1S/C28H25N5O3S/c34-24(30-20-7-2-1-3-8-20)15-18-33-26(25(31-28(33)37)22-9-4-5-16-29-22)23-10-6-17-32(23)21-13-11-19(12-14-21)27(35)36/h1-14,16-17,25-26H,15,18H2,(H,30,34)(H,31,37)(H,35,36)/t25-,26+/m1/s1. The average molecular weight is 512 g/mol. The lowest BCUT2D eigenvalue weighted by Crippen LogP contribution is -2.33. The Hall–Kier alpha value is -4.50. The van der Waals surface area contributed by atoms with Crippen LogP contribution in [0.1, 0.15) is 40.3 Å². The number of carbonyl (C=O) groups excluding carboxylic acids is 1. The van der Waals surface area contributed by atoms with Crippen molar-refractivity contribution in [3.05, 3.63) is 114 Å². The first kappa shape index (κ1) is 24.2. The maximum absolute atomic E-state index is 12.7. The Balaban J connectivity index is 1.45. The average Bonchev–Trinajstić information content (AvgIpc) is 3.52. The van der Waals surface area contributed by atoms with E-state index in [-0.39, 0.29) is 30.0 Å². The van der Waals surface area contributed by atoms with E-state index in [9.17, 15) is 14.7 Å². The number of hydrogen-bond acceptors (Lipinski definition) is 4. The van der Waals surface area contributed by atoms with E-state index in [1.54, 1.807) is 30.5 Å². The number of carbonyl (C=O) groups is 2. The minimum Gasteiger partial charge on any atom is -0.478 e. The first-order valence-electron chi connectivity index (χ1n) is 11.9. The number of hydrogen-bond donors (Lipinski definition) is 3. The number of carboxylic acid groups (broad SMARTS) is 1. The largest absolute Gasteiger partial charge is 0.478 e. The molecule has 9 heteroatoms. The van der Waals surface area contributed by atoms with E-state index >= 15 is 0 Å². The van der Waals surface area contributed by atoms with Gasteiger partial charge in [0.05, 0.1) is 23.3 Å². The molecule has 0 radical (unpaired) electrons. The third-order valence-electron chi connectivity index (χ3n) is 6.31. The van der Waals surface area contributed by atoms with Crippen LogP contribution in [-0.4, -0.2) is 43.1 Å². The summed E-state index contributed by atoms with van der Waals surface area (Å²) in [6.45, 7) is 0.404. The van der Waals surface area contributed by atoms with Crippen molar-refractivity contribution in [2.45, 2.75) is 18.5 Å². The summed E-state index contributed by atoms with van der Waals surface area (Å²) in [6.07, 6.45) is 3.93. The minimum atomic E-state index is -0.972. The molecule has 186 valence electrons. The van der Waals surface area contributed by atoms with Crippen LogP contribution >= 0.6 is 12.2 Å². The Labute approximate surface area is 219 Å². The number of aromatic carboxylic acids is 1. The molecule has 2 aromatic heterocycles. The molecule has 1 aliphatic rings. The molecule has 1 amide bonds. The van der Waals surface area contributed by atoms with Crippen LogP contribution in [-0.2, 0) is 4.79 Å². The lowest BCUT2D eigenvalue weighted by molar-refractivity contribution is -0.116. The SMILES string of the molecule is O=C(CCN1C(=S)N[C@H](c2ccccn2)[C@@H]1c1cccn1-c1ccc(C(=O)O)cc1)Nc1ccccc1. The maximum Gasteiger partial charge on any atom is 0.335 e. The van der Waals surface area contributed by atoms with E-state index < -0.39 is 5.97 Å². The number of benzene rings is 2. The summed E-state index contributed by atoms with van der Waals surface area (Å²) >= 11 is 5.74. The zero-order valence-corrected chi connectivity index (χ0v) is 20.6. The Morgan fingerprint density at radius 1 is 0.973 bits per heavy atom. The number of amides is 1.